The Morgan fingerprint density at radius 3 is 3.10 bits per heavy atom. The molecule has 3 aromatic heterocycles. The second kappa shape index (κ2) is 5.59. The van der Waals surface area contributed by atoms with Gasteiger partial charge in [-0.25, -0.2) is 0 Å². The van der Waals surface area contributed by atoms with E-state index in [1.54, 1.807) is 24.8 Å². The van der Waals surface area contributed by atoms with Gasteiger partial charge in [-0.05, 0) is 0 Å². The predicted molar refractivity (Wildman–Crippen MR) is 76.0 cm³/mol. The van der Waals surface area contributed by atoms with Crippen LogP contribution in [0.5, 0.6) is 5.88 Å². The zero-order chi connectivity index (χ0) is 13.9. The molecule has 0 aromatic carbocycles. The minimum absolute atomic E-state index is 0.683. The number of fused-ring (bicyclic) bond motifs is 1. The highest BCUT2D eigenvalue weighted by Crippen LogP contribution is 2.22. The minimum atomic E-state index is 0.683. The number of imidazole rings is 1. The molecule has 0 aliphatic rings. The van der Waals surface area contributed by atoms with Gasteiger partial charge in [0.05, 0.1) is 7.11 Å². The third-order valence-corrected chi connectivity index (χ3v) is 3.90. The van der Waals surface area contributed by atoms with E-state index < -0.39 is 0 Å². The van der Waals surface area contributed by atoms with Crippen molar-refractivity contribution in [3.05, 3.63) is 29.4 Å². The summed E-state index contributed by atoms with van der Waals surface area (Å²) in [6, 6.07) is 0. The fourth-order valence-electron chi connectivity index (χ4n) is 2.08. The Kier molecular flexibility index (Phi) is 3.66. The number of methoxy groups -OCH3 is 1. The van der Waals surface area contributed by atoms with E-state index in [2.05, 4.69) is 24.9 Å². The topological polar surface area (TPSA) is 69.3 Å². The van der Waals surface area contributed by atoms with Crippen LogP contribution in [0.25, 0.3) is 4.96 Å². The molecule has 3 heterocycles. The Morgan fingerprint density at radius 1 is 1.45 bits per heavy atom. The molecule has 0 spiro atoms. The molecule has 0 atom stereocenters. The van der Waals surface area contributed by atoms with Crippen LogP contribution >= 0.6 is 11.3 Å². The van der Waals surface area contributed by atoms with Crippen molar-refractivity contribution in [1.82, 2.24) is 29.5 Å². The van der Waals surface area contributed by atoms with E-state index in [0.29, 0.717) is 12.4 Å². The zero-order valence-electron chi connectivity index (χ0n) is 11.4. The van der Waals surface area contributed by atoms with Crippen molar-refractivity contribution in [2.75, 3.05) is 13.7 Å². The van der Waals surface area contributed by atoms with Crippen LogP contribution in [-0.2, 0) is 20.0 Å². The lowest BCUT2D eigenvalue weighted by Gasteiger charge is -2.05. The number of ether oxygens (including phenoxy) is 1. The van der Waals surface area contributed by atoms with Gasteiger partial charge in [0.2, 0.25) is 5.88 Å². The second-order valence-corrected chi connectivity index (χ2v) is 5.28. The highest BCUT2D eigenvalue weighted by Gasteiger charge is 2.13. The lowest BCUT2D eigenvalue weighted by atomic mass is 10.3. The van der Waals surface area contributed by atoms with Gasteiger partial charge in [-0.1, -0.05) is 0 Å². The van der Waals surface area contributed by atoms with Crippen LogP contribution in [0, 0.1) is 0 Å². The Hall–Kier alpha value is -1.93. The Bertz CT molecular complexity index is 700. The number of aryl methyl sites for hydroxylation is 1. The highest BCUT2D eigenvalue weighted by molar-refractivity contribution is 7.15. The van der Waals surface area contributed by atoms with E-state index in [1.165, 1.54) is 0 Å². The largest absolute Gasteiger partial charge is 0.480 e. The van der Waals surface area contributed by atoms with Crippen molar-refractivity contribution in [3.63, 3.8) is 0 Å². The molecule has 1 N–H and O–H groups in total. The van der Waals surface area contributed by atoms with Gasteiger partial charge in [0.25, 0.3) is 0 Å². The first-order chi connectivity index (χ1) is 9.79. The molecule has 8 heteroatoms. The molecule has 106 valence electrons. The molecule has 0 amide bonds. The third kappa shape index (κ3) is 2.39. The van der Waals surface area contributed by atoms with Crippen molar-refractivity contribution in [3.8, 4) is 5.88 Å². The Labute approximate surface area is 120 Å². The first-order valence-corrected chi connectivity index (χ1v) is 7.19. The molecule has 0 saturated heterocycles. The first kappa shape index (κ1) is 13.1. The van der Waals surface area contributed by atoms with Crippen LogP contribution in [0.2, 0.25) is 0 Å². The number of nitrogens with one attached hydrogen (secondary N) is 1. The Balaban J connectivity index is 1.62. The maximum Gasteiger partial charge on any atom is 0.237 e. The first-order valence-electron chi connectivity index (χ1n) is 6.31. The molecule has 0 aliphatic carbocycles. The van der Waals surface area contributed by atoms with E-state index >= 15 is 0 Å². The van der Waals surface area contributed by atoms with Crippen LogP contribution in [0.15, 0.2) is 17.9 Å². The number of thiazole rings is 1. The van der Waals surface area contributed by atoms with Crippen LogP contribution in [0.4, 0.5) is 0 Å². The molecule has 0 saturated carbocycles. The molecular formula is C12H16N6OS. The van der Waals surface area contributed by atoms with Gasteiger partial charge in [-0.15, -0.1) is 21.5 Å². The van der Waals surface area contributed by atoms with Crippen molar-refractivity contribution in [2.45, 2.75) is 13.0 Å². The number of hydrogen-bond donors (Lipinski definition) is 1. The highest BCUT2D eigenvalue weighted by atomic mass is 32.1. The predicted octanol–water partition coefficient (Wildman–Crippen LogP) is 0.865. The van der Waals surface area contributed by atoms with Crippen LogP contribution < -0.4 is 10.1 Å². The van der Waals surface area contributed by atoms with Gasteiger partial charge in [0.1, 0.15) is 17.8 Å². The van der Waals surface area contributed by atoms with Gasteiger partial charge < -0.3 is 14.6 Å². The van der Waals surface area contributed by atoms with E-state index in [-0.39, 0.29) is 0 Å². The number of nitrogens with zero attached hydrogens (tertiary/aromatic N) is 5. The molecule has 20 heavy (non-hydrogen) atoms. The summed E-state index contributed by atoms with van der Waals surface area (Å²) in [4.78, 5) is 5.38. The average Bonchev–Trinajstić information content (AvgIpc) is 3.11. The van der Waals surface area contributed by atoms with Gasteiger partial charge in [-0.2, -0.15) is 4.98 Å². The molecule has 0 unspecified atom stereocenters. The summed E-state index contributed by atoms with van der Waals surface area (Å²) >= 11 is 1.60. The minimum Gasteiger partial charge on any atom is -0.480 e. The molecule has 7 nitrogen and oxygen atoms in total. The smallest absolute Gasteiger partial charge is 0.237 e. The normalized spacial score (nSPS) is 11.3. The van der Waals surface area contributed by atoms with E-state index in [4.69, 9.17) is 4.74 Å². The average molecular weight is 292 g/mol. The van der Waals surface area contributed by atoms with E-state index in [0.717, 1.165) is 29.4 Å². The monoisotopic (exact) mass is 292 g/mol. The van der Waals surface area contributed by atoms with Crippen LogP contribution in [0.3, 0.4) is 0 Å². The standard InChI is InChI=1S/C12H16N6OS/c1-17-8-14-16-10(17)3-4-13-7-9-11(19-2)15-12-18(9)5-6-20-12/h5-6,8,13H,3-4,7H2,1-2H3. The Morgan fingerprint density at radius 2 is 2.35 bits per heavy atom. The molecule has 0 aliphatic heterocycles. The number of hydrogen-bond acceptors (Lipinski definition) is 6. The van der Waals surface area contributed by atoms with Crippen LogP contribution in [-0.4, -0.2) is 37.8 Å². The van der Waals surface area contributed by atoms with Gasteiger partial charge in [0, 0.05) is 38.1 Å². The quantitative estimate of drug-likeness (QED) is 0.683. The van der Waals surface area contributed by atoms with E-state index in [9.17, 15) is 0 Å². The lowest BCUT2D eigenvalue weighted by Crippen LogP contribution is -2.19. The summed E-state index contributed by atoms with van der Waals surface area (Å²) in [5.41, 5.74) is 1.04. The van der Waals surface area contributed by atoms with Gasteiger partial charge in [-0.3, -0.25) is 4.40 Å². The maximum atomic E-state index is 5.32. The van der Waals surface area contributed by atoms with E-state index in [1.807, 2.05) is 23.2 Å². The second-order valence-electron chi connectivity index (χ2n) is 4.41. The molecule has 3 aromatic rings. The fourth-order valence-corrected chi connectivity index (χ4v) is 2.80. The summed E-state index contributed by atoms with van der Waals surface area (Å²) in [7, 11) is 3.60. The van der Waals surface area contributed by atoms with Crippen molar-refractivity contribution >= 4 is 16.3 Å². The summed E-state index contributed by atoms with van der Waals surface area (Å²) in [6.07, 6.45) is 4.56. The maximum absolute atomic E-state index is 5.32. The fraction of sp³-hybridized carbons (Fsp3) is 0.417. The number of rotatable bonds is 6. The van der Waals surface area contributed by atoms with Crippen LogP contribution in [0.1, 0.15) is 11.5 Å². The summed E-state index contributed by atoms with van der Waals surface area (Å²) in [5.74, 6) is 1.65. The molecule has 0 bridgehead atoms. The molecular weight excluding hydrogens is 276 g/mol. The summed E-state index contributed by atoms with van der Waals surface area (Å²) in [6.45, 7) is 1.53. The third-order valence-electron chi connectivity index (χ3n) is 3.14. The SMILES string of the molecule is COc1nc2sccn2c1CNCCc1nncn1C. The van der Waals surface area contributed by atoms with Crippen molar-refractivity contribution in [1.29, 1.82) is 0 Å². The summed E-state index contributed by atoms with van der Waals surface area (Å²) in [5, 5.41) is 13.3. The van der Waals surface area contributed by atoms with Crippen molar-refractivity contribution < 1.29 is 4.74 Å². The number of aromatic nitrogens is 5. The molecule has 3 rings (SSSR count). The molecule has 0 fully saturated rings. The zero-order valence-corrected chi connectivity index (χ0v) is 12.2. The summed E-state index contributed by atoms with van der Waals surface area (Å²) < 4.78 is 9.30. The van der Waals surface area contributed by atoms with Gasteiger partial charge >= 0.3 is 0 Å². The lowest BCUT2D eigenvalue weighted by molar-refractivity contribution is 0.393. The van der Waals surface area contributed by atoms with Gasteiger partial charge in [0.15, 0.2) is 4.96 Å². The van der Waals surface area contributed by atoms with Crippen molar-refractivity contribution in [2.24, 2.45) is 7.05 Å². The molecule has 0 radical (unpaired) electrons.